The number of fused-ring (bicyclic) bond motifs is 2. The van der Waals surface area contributed by atoms with E-state index in [0.717, 1.165) is 76.9 Å². The number of hydrogen-bond acceptors (Lipinski definition) is 7. The van der Waals surface area contributed by atoms with Gasteiger partial charge < -0.3 is 19.6 Å². The molecule has 42 heavy (non-hydrogen) atoms. The molecular formula is C33H32N6O3. The Hall–Kier alpha value is -4.76. The second-order valence-electron chi connectivity index (χ2n) is 10.8. The fraction of sp³-hybridized carbons (Fsp3) is 0.273. The summed E-state index contributed by atoms with van der Waals surface area (Å²) < 4.78 is 7.70. The van der Waals surface area contributed by atoms with Gasteiger partial charge in [-0.3, -0.25) is 9.20 Å². The van der Waals surface area contributed by atoms with Gasteiger partial charge in [-0.25, -0.2) is 15.0 Å². The minimum atomic E-state index is -0.690. The molecule has 9 nitrogen and oxygen atoms in total. The van der Waals surface area contributed by atoms with Gasteiger partial charge in [-0.05, 0) is 49.3 Å². The van der Waals surface area contributed by atoms with Gasteiger partial charge in [0.05, 0.1) is 47.9 Å². The van der Waals surface area contributed by atoms with Crippen molar-refractivity contribution in [2.45, 2.75) is 12.8 Å². The molecule has 0 aliphatic carbocycles. The molecule has 2 aliphatic rings. The van der Waals surface area contributed by atoms with Crippen LogP contribution in [0.3, 0.4) is 0 Å². The zero-order valence-corrected chi connectivity index (χ0v) is 23.3. The summed E-state index contributed by atoms with van der Waals surface area (Å²) in [6, 6.07) is 20.7. The summed E-state index contributed by atoms with van der Waals surface area (Å²) >= 11 is 0. The lowest BCUT2D eigenvalue weighted by Crippen LogP contribution is -2.37. The van der Waals surface area contributed by atoms with Gasteiger partial charge in [0.1, 0.15) is 0 Å². The predicted molar refractivity (Wildman–Crippen MR) is 165 cm³/mol. The Morgan fingerprint density at radius 1 is 0.857 bits per heavy atom. The van der Waals surface area contributed by atoms with Crippen LogP contribution in [0.2, 0.25) is 0 Å². The van der Waals surface area contributed by atoms with E-state index in [1.807, 2.05) is 42.6 Å². The van der Waals surface area contributed by atoms with Gasteiger partial charge in [-0.15, -0.1) is 0 Å². The van der Waals surface area contributed by atoms with Gasteiger partial charge in [0.2, 0.25) is 0 Å². The van der Waals surface area contributed by atoms with Crippen LogP contribution in [0.1, 0.15) is 24.2 Å². The fourth-order valence-corrected chi connectivity index (χ4v) is 5.85. The Morgan fingerprint density at radius 2 is 1.62 bits per heavy atom. The van der Waals surface area contributed by atoms with Gasteiger partial charge >= 0.3 is 5.97 Å². The number of carboxylic acid groups (broad SMARTS) is 1. The van der Waals surface area contributed by atoms with Crippen LogP contribution in [0.4, 0.5) is 11.5 Å². The average molecular weight is 561 g/mol. The van der Waals surface area contributed by atoms with Crippen molar-refractivity contribution in [1.29, 1.82) is 0 Å². The lowest BCUT2D eigenvalue weighted by molar-refractivity contribution is -0.142. The first-order valence-electron chi connectivity index (χ1n) is 14.5. The molecule has 2 aliphatic heterocycles. The Balaban J connectivity index is 1.21. The van der Waals surface area contributed by atoms with Gasteiger partial charge in [-0.2, -0.15) is 0 Å². The smallest absolute Gasteiger partial charge is 0.306 e. The minimum absolute atomic E-state index is 0.244. The SMILES string of the molecule is O=C(O)C1CCN(c2ccc(-c3cnc(N4CCOCC4)c4nc(C=Cc5ccc6ccccc6n5)cn34)cc2)CC1. The Labute approximate surface area is 243 Å². The zero-order valence-electron chi connectivity index (χ0n) is 23.3. The molecule has 0 amide bonds. The molecule has 0 radical (unpaired) electrons. The standard InChI is InChI=1S/C33H32N6O3/c40-33(41)25-13-15-37(16-14-25)28-11-6-24(7-12-28)30-21-34-31(38-17-19-42-20-18-38)32-36-27(22-39(30)32)10-9-26-8-5-23-3-1-2-4-29(23)35-26/h1-12,21-22,25H,13-20H2,(H,40,41). The molecule has 3 aromatic heterocycles. The van der Waals surface area contributed by atoms with Crippen molar-refractivity contribution in [3.05, 3.63) is 84.4 Å². The van der Waals surface area contributed by atoms with Crippen LogP contribution >= 0.6 is 0 Å². The number of ether oxygens (including phenoxy) is 1. The highest BCUT2D eigenvalue weighted by Crippen LogP contribution is 2.30. The highest BCUT2D eigenvalue weighted by atomic mass is 16.5. The molecule has 212 valence electrons. The number of nitrogens with zero attached hydrogens (tertiary/aromatic N) is 6. The van der Waals surface area contributed by atoms with E-state index in [0.29, 0.717) is 26.1 Å². The molecule has 2 saturated heterocycles. The first kappa shape index (κ1) is 26.2. The maximum absolute atomic E-state index is 11.3. The number of anilines is 2. The zero-order chi connectivity index (χ0) is 28.5. The molecule has 1 N–H and O–H groups in total. The van der Waals surface area contributed by atoms with E-state index < -0.39 is 5.97 Å². The molecule has 0 unspecified atom stereocenters. The number of imidazole rings is 1. The number of aliphatic carboxylic acids is 1. The summed E-state index contributed by atoms with van der Waals surface area (Å²) in [5, 5.41) is 10.4. The molecule has 7 rings (SSSR count). The van der Waals surface area contributed by atoms with Crippen LogP contribution in [0.25, 0.3) is 40.0 Å². The van der Waals surface area contributed by atoms with E-state index in [9.17, 15) is 9.90 Å². The Kier molecular flexibility index (Phi) is 7.01. The van der Waals surface area contributed by atoms with E-state index in [4.69, 9.17) is 19.7 Å². The molecule has 5 heterocycles. The predicted octanol–water partition coefficient (Wildman–Crippen LogP) is 5.25. The van der Waals surface area contributed by atoms with Crippen molar-refractivity contribution in [1.82, 2.24) is 19.4 Å². The topological polar surface area (TPSA) is 96.1 Å². The second kappa shape index (κ2) is 11.3. The maximum atomic E-state index is 11.3. The van der Waals surface area contributed by atoms with Crippen molar-refractivity contribution in [2.75, 3.05) is 49.2 Å². The van der Waals surface area contributed by atoms with E-state index >= 15 is 0 Å². The molecule has 2 aromatic carbocycles. The van der Waals surface area contributed by atoms with E-state index in [1.165, 1.54) is 0 Å². The number of carbonyl (C=O) groups is 1. The van der Waals surface area contributed by atoms with Crippen LogP contribution in [0.15, 0.2) is 73.1 Å². The van der Waals surface area contributed by atoms with Crippen LogP contribution < -0.4 is 9.80 Å². The number of hydrogen-bond donors (Lipinski definition) is 1. The number of rotatable bonds is 6. The normalized spacial score (nSPS) is 16.6. The summed E-state index contributed by atoms with van der Waals surface area (Å²) in [6.07, 6.45) is 9.32. The molecule has 9 heteroatoms. The minimum Gasteiger partial charge on any atom is -0.481 e. The quantitative estimate of drug-likeness (QED) is 0.301. The number of morpholine rings is 1. The first-order chi connectivity index (χ1) is 20.6. The summed E-state index contributed by atoms with van der Waals surface area (Å²) in [5.41, 5.74) is 6.57. The summed E-state index contributed by atoms with van der Waals surface area (Å²) in [7, 11) is 0. The highest BCUT2D eigenvalue weighted by molar-refractivity contribution is 5.81. The molecule has 0 spiro atoms. The largest absolute Gasteiger partial charge is 0.481 e. The summed E-state index contributed by atoms with van der Waals surface area (Å²) in [5.74, 6) is -0.0834. The fourth-order valence-electron chi connectivity index (χ4n) is 5.85. The molecule has 2 fully saturated rings. The number of aromatic nitrogens is 4. The third-order valence-corrected chi connectivity index (χ3v) is 8.22. The van der Waals surface area contributed by atoms with Crippen LogP contribution in [-0.2, 0) is 9.53 Å². The number of piperidine rings is 1. The van der Waals surface area contributed by atoms with Crippen molar-refractivity contribution >= 4 is 46.2 Å². The van der Waals surface area contributed by atoms with E-state index in [-0.39, 0.29) is 5.92 Å². The third-order valence-electron chi connectivity index (χ3n) is 8.22. The monoisotopic (exact) mass is 560 g/mol. The van der Waals surface area contributed by atoms with Gasteiger partial charge in [0, 0.05) is 49.0 Å². The average Bonchev–Trinajstić information content (AvgIpc) is 3.48. The molecule has 0 saturated carbocycles. The molecular weight excluding hydrogens is 528 g/mol. The molecule has 5 aromatic rings. The highest BCUT2D eigenvalue weighted by Gasteiger charge is 2.25. The lowest BCUT2D eigenvalue weighted by Gasteiger charge is -2.32. The van der Waals surface area contributed by atoms with E-state index in [2.05, 4.69) is 56.8 Å². The second-order valence-corrected chi connectivity index (χ2v) is 10.8. The van der Waals surface area contributed by atoms with Crippen LogP contribution in [0, 0.1) is 5.92 Å². The molecule has 0 bridgehead atoms. The number of benzene rings is 2. The maximum Gasteiger partial charge on any atom is 0.306 e. The van der Waals surface area contributed by atoms with Gasteiger partial charge in [-0.1, -0.05) is 36.4 Å². The molecule has 0 atom stereocenters. The van der Waals surface area contributed by atoms with Crippen LogP contribution in [0.5, 0.6) is 0 Å². The van der Waals surface area contributed by atoms with E-state index in [1.54, 1.807) is 0 Å². The first-order valence-corrected chi connectivity index (χ1v) is 14.5. The summed E-state index contributed by atoms with van der Waals surface area (Å²) in [4.78, 5) is 30.5. The van der Waals surface area contributed by atoms with Gasteiger partial charge in [0.25, 0.3) is 0 Å². The summed E-state index contributed by atoms with van der Waals surface area (Å²) in [6.45, 7) is 4.38. The van der Waals surface area contributed by atoms with Crippen molar-refractivity contribution in [3.8, 4) is 11.3 Å². The number of para-hydroxylation sites is 1. The Bertz CT molecular complexity index is 1770. The Morgan fingerprint density at radius 3 is 2.40 bits per heavy atom. The third kappa shape index (κ3) is 5.19. The number of pyridine rings is 1. The van der Waals surface area contributed by atoms with Crippen molar-refractivity contribution in [3.63, 3.8) is 0 Å². The lowest BCUT2D eigenvalue weighted by atomic mass is 9.96. The van der Waals surface area contributed by atoms with Gasteiger partial charge in [0.15, 0.2) is 11.5 Å². The van der Waals surface area contributed by atoms with Crippen molar-refractivity contribution in [2.24, 2.45) is 5.92 Å². The van der Waals surface area contributed by atoms with Crippen molar-refractivity contribution < 1.29 is 14.6 Å². The van der Waals surface area contributed by atoms with Crippen LogP contribution in [-0.4, -0.2) is 69.8 Å². The number of carboxylic acids is 1.